The van der Waals surface area contributed by atoms with E-state index < -0.39 is 0 Å². The second-order valence-corrected chi connectivity index (χ2v) is 4.56. The maximum atomic E-state index is 5.78. The predicted octanol–water partition coefficient (Wildman–Crippen LogP) is 1.49. The van der Waals surface area contributed by atoms with Gasteiger partial charge in [0.25, 0.3) is 0 Å². The van der Waals surface area contributed by atoms with Crippen LogP contribution in [0.15, 0.2) is 0 Å². The van der Waals surface area contributed by atoms with Crippen molar-refractivity contribution >= 4 is 17.2 Å². The second kappa shape index (κ2) is 5.05. The molecule has 0 aliphatic carbocycles. The molecule has 1 fully saturated rings. The van der Waals surface area contributed by atoms with Crippen molar-refractivity contribution in [3.8, 4) is 0 Å². The Hall–Kier alpha value is -0.190. The molecule has 1 rings (SSSR count). The van der Waals surface area contributed by atoms with Crippen LogP contribution >= 0.6 is 12.2 Å². The quantitative estimate of drug-likeness (QED) is 0.725. The zero-order valence-corrected chi connectivity index (χ0v) is 9.73. The summed E-state index contributed by atoms with van der Waals surface area (Å²) in [7, 11) is 0. The van der Waals surface area contributed by atoms with E-state index in [1.165, 1.54) is 0 Å². The van der Waals surface area contributed by atoms with E-state index in [0.717, 1.165) is 26.1 Å². The van der Waals surface area contributed by atoms with Crippen molar-refractivity contribution in [1.29, 1.82) is 0 Å². The Labute approximate surface area is 90.9 Å². The molecule has 0 saturated carbocycles. The maximum Gasteiger partial charge on any atom is 0.0815 e. The zero-order chi connectivity index (χ0) is 10.6. The second-order valence-electron chi connectivity index (χ2n) is 4.12. The lowest BCUT2D eigenvalue weighted by atomic mass is 9.81. The van der Waals surface area contributed by atoms with Crippen LogP contribution in [0.25, 0.3) is 0 Å². The van der Waals surface area contributed by atoms with Gasteiger partial charge in [-0.05, 0) is 26.7 Å². The molecule has 1 saturated heterocycles. The average molecular weight is 217 g/mol. The number of hydrogen-bond acceptors (Lipinski definition) is 3. The third-order valence-electron chi connectivity index (χ3n) is 2.67. The lowest BCUT2D eigenvalue weighted by molar-refractivity contribution is -0.0229. The van der Waals surface area contributed by atoms with Crippen molar-refractivity contribution in [3.05, 3.63) is 0 Å². The summed E-state index contributed by atoms with van der Waals surface area (Å²) in [6.45, 7) is 6.14. The fourth-order valence-electron chi connectivity index (χ4n) is 1.55. The summed E-state index contributed by atoms with van der Waals surface area (Å²) in [6.07, 6.45) is 1.99. The molecule has 0 bridgehead atoms. The standard InChI is InChI=1S/C10H19NO2S/c1-8(2)13-7-10(9(11)14)3-5-12-6-4-10/h8H,3-7H2,1-2H3,(H2,11,14). The van der Waals surface area contributed by atoms with Gasteiger partial charge < -0.3 is 15.2 Å². The Morgan fingerprint density at radius 1 is 1.50 bits per heavy atom. The van der Waals surface area contributed by atoms with Crippen molar-refractivity contribution in [2.24, 2.45) is 11.1 Å². The van der Waals surface area contributed by atoms with E-state index in [1.54, 1.807) is 0 Å². The number of thiocarbonyl (C=S) groups is 1. The Kier molecular flexibility index (Phi) is 4.29. The molecule has 0 aromatic carbocycles. The molecule has 3 nitrogen and oxygen atoms in total. The average Bonchev–Trinajstić information content (AvgIpc) is 2.16. The molecule has 1 heterocycles. The Morgan fingerprint density at radius 2 is 2.07 bits per heavy atom. The third kappa shape index (κ3) is 2.90. The molecule has 0 aromatic heterocycles. The van der Waals surface area contributed by atoms with E-state index in [4.69, 9.17) is 27.4 Å². The largest absolute Gasteiger partial charge is 0.393 e. The van der Waals surface area contributed by atoms with Crippen molar-refractivity contribution in [3.63, 3.8) is 0 Å². The van der Waals surface area contributed by atoms with Gasteiger partial charge in [0.1, 0.15) is 0 Å². The highest BCUT2D eigenvalue weighted by atomic mass is 32.1. The summed E-state index contributed by atoms with van der Waals surface area (Å²) in [5, 5.41) is 0. The van der Waals surface area contributed by atoms with E-state index in [-0.39, 0.29) is 11.5 Å². The van der Waals surface area contributed by atoms with Gasteiger partial charge in [0.2, 0.25) is 0 Å². The van der Waals surface area contributed by atoms with Gasteiger partial charge in [-0.1, -0.05) is 12.2 Å². The normalized spacial score (nSPS) is 21.1. The van der Waals surface area contributed by atoms with Crippen molar-refractivity contribution in [2.75, 3.05) is 19.8 Å². The van der Waals surface area contributed by atoms with Crippen LogP contribution in [0.1, 0.15) is 26.7 Å². The van der Waals surface area contributed by atoms with Crippen molar-refractivity contribution < 1.29 is 9.47 Å². The molecule has 4 heteroatoms. The molecule has 82 valence electrons. The SMILES string of the molecule is CC(C)OCC1(C(N)=S)CCOCC1. The first-order valence-electron chi connectivity index (χ1n) is 5.06. The van der Waals surface area contributed by atoms with E-state index in [0.29, 0.717) is 11.6 Å². The molecule has 0 radical (unpaired) electrons. The fourth-order valence-corrected chi connectivity index (χ4v) is 1.81. The van der Waals surface area contributed by atoms with Crippen molar-refractivity contribution in [1.82, 2.24) is 0 Å². The van der Waals surface area contributed by atoms with Crippen LogP contribution in [-0.2, 0) is 9.47 Å². The van der Waals surface area contributed by atoms with E-state index >= 15 is 0 Å². The molecule has 1 aliphatic heterocycles. The monoisotopic (exact) mass is 217 g/mol. The van der Waals surface area contributed by atoms with Crippen LogP contribution < -0.4 is 5.73 Å². The summed E-state index contributed by atoms with van der Waals surface area (Å²) in [5.41, 5.74) is 5.66. The lowest BCUT2D eigenvalue weighted by Gasteiger charge is -2.36. The van der Waals surface area contributed by atoms with E-state index in [2.05, 4.69) is 0 Å². The fraction of sp³-hybridized carbons (Fsp3) is 0.900. The van der Waals surface area contributed by atoms with E-state index in [9.17, 15) is 0 Å². The van der Waals surface area contributed by atoms with Gasteiger partial charge in [0, 0.05) is 18.6 Å². The molecule has 0 spiro atoms. The number of hydrogen-bond donors (Lipinski definition) is 1. The Morgan fingerprint density at radius 3 is 2.50 bits per heavy atom. The number of nitrogens with two attached hydrogens (primary N) is 1. The minimum absolute atomic E-state index is 0.127. The number of rotatable bonds is 4. The first-order valence-corrected chi connectivity index (χ1v) is 5.47. The molecular weight excluding hydrogens is 198 g/mol. The van der Waals surface area contributed by atoms with Crippen LogP contribution in [0, 0.1) is 5.41 Å². The number of ether oxygens (including phenoxy) is 2. The van der Waals surface area contributed by atoms with Gasteiger partial charge in [0.05, 0.1) is 17.7 Å². The third-order valence-corrected chi connectivity index (χ3v) is 3.10. The van der Waals surface area contributed by atoms with Crippen LogP contribution in [-0.4, -0.2) is 30.9 Å². The van der Waals surface area contributed by atoms with Crippen LogP contribution in [0.2, 0.25) is 0 Å². The van der Waals surface area contributed by atoms with Gasteiger partial charge >= 0.3 is 0 Å². The summed E-state index contributed by atoms with van der Waals surface area (Å²) >= 11 is 5.12. The minimum atomic E-state index is -0.127. The molecule has 0 atom stereocenters. The Bertz CT molecular complexity index is 200. The molecule has 1 aliphatic rings. The topological polar surface area (TPSA) is 44.5 Å². The van der Waals surface area contributed by atoms with Gasteiger partial charge in [-0.3, -0.25) is 0 Å². The molecule has 14 heavy (non-hydrogen) atoms. The molecule has 2 N–H and O–H groups in total. The summed E-state index contributed by atoms with van der Waals surface area (Å²) in [6, 6.07) is 0. The molecular formula is C10H19NO2S. The highest BCUT2D eigenvalue weighted by Gasteiger charge is 2.36. The van der Waals surface area contributed by atoms with Gasteiger partial charge in [-0.25, -0.2) is 0 Å². The van der Waals surface area contributed by atoms with Gasteiger partial charge in [-0.15, -0.1) is 0 Å². The zero-order valence-electron chi connectivity index (χ0n) is 8.91. The highest BCUT2D eigenvalue weighted by Crippen LogP contribution is 2.31. The summed E-state index contributed by atoms with van der Waals surface area (Å²) < 4.78 is 10.9. The minimum Gasteiger partial charge on any atom is -0.393 e. The van der Waals surface area contributed by atoms with Crippen LogP contribution in [0.3, 0.4) is 0 Å². The first kappa shape index (κ1) is 11.9. The maximum absolute atomic E-state index is 5.78. The van der Waals surface area contributed by atoms with E-state index in [1.807, 2.05) is 13.8 Å². The molecule has 0 unspecified atom stereocenters. The van der Waals surface area contributed by atoms with Crippen LogP contribution in [0.4, 0.5) is 0 Å². The first-order chi connectivity index (χ1) is 6.57. The van der Waals surface area contributed by atoms with Gasteiger partial charge in [0.15, 0.2) is 0 Å². The summed E-state index contributed by atoms with van der Waals surface area (Å²) in [4.78, 5) is 0.571. The van der Waals surface area contributed by atoms with Gasteiger partial charge in [-0.2, -0.15) is 0 Å². The predicted molar refractivity (Wildman–Crippen MR) is 60.4 cm³/mol. The van der Waals surface area contributed by atoms with Crippen LogP contribution in [0.5, 0.6) is 0 Å². The smallest absolute Gasteiger partial charge is 0.0815 e. The molecule has 0 aromatic rings. The molecule has 0 amide bonds. The lowest BCUT2D eigenvalue weighted by Crippen LogP contribution is -2.44. The van der Waals surface area contributed by atoms with Crippen molar-refractivity contribution in [2.45, 2.75) is 32.8 Å². The highest BCUT2D eigenvalue weighted by molar-refractivity contribution is 7.80. The summed E-state index contributed by atoms with van der Waals surface area (Å²) in [5.74, 6) is 0. The Balaban J connectivity index is 2.56.